The highest BCUT2D eigenvalue weighted by molar-refractivity contribution is 6.68. The fraction of sp³-hybridized carbons (Fsp3) is 1.00. The molecular formula is C10H25Al3O2. The van der Waals surface area contributed by atoms with E-state index in [9.17, 15) is 0 Å². The van der Waals surface area contributed by atoms with Crippen molar-refractivity contribution < 1.29 is 5.68 Å². The Morgan fingerprint density at radius 3 is 1.13 bits per heavy atom. The first-order valence-electron chi connectivity index (χ1n) is 6.52. The minimum atomic E-state index is -1.28. The Bertz CT molecular complexity index is 125. The van der Waals surface area contributed by atoms with Crippen molar-refractivity contribution in [1.29, 1.82) is 0 Å². The highest BCUT2D eigenvalue weighted by Crippen LogP contribution is 2.10. The van der Waals surface area contributed by atoms with Gasteiger partial charge in [-0.15, -0.1) is 0 Å². The highest BCUT2D eigenvalue weighted by atomic mass is 27.3. The molecule has 0 saturated heterocycles. The SMILES string of the molecule is C[CH2][Al]([CH2]C)[O][Al]([CH2]C)[O][Al]([CH2]C)[CH2]C. The van der Waals surface area contributed by atoms with Gasteiger partial charge < -0.3 is 5.68 Å². The fourth-order valence-electron chi connectivity index (χ4n) is 1.62. The second-order valence-corrected chi connectivity index (χ2v) is 13.6. The molecular weight excluding hydrogens is 233 g/mol. The third-order valence-corrected chi connectivity index (χ3v) is 12.7. The molecule has 0 atom stereocenters. The minimum Gasteiger partial charge on any atom is -0.615 e. The van der Waals surface area contributed by atoms with Crippen LogP contribution >= 0.6 is 0 Å². The summed E-state index contributed by atoms with van der Waals surface area (Å²) in [7, 11) is 0. The van der Waals surface area contributed by atoms with E-state index in [1.165, 1.54) is 21.1 Å². The quantitative estimate of drug-likeness (QED) is 0.588. The summed E-state index contributed by atoms with van der Waals surface area (Å²) >= 11 is -3.06. The second kappa shape index (κ2) is 10.7. The molecule has 0 amide bonds. The van der Waals surface area contributed by atoms with Gasteiger partial charge in [0.05, 0.1) is 0 Å². The topological polar surface area (TPSA) is 18.5 Å². The van der Waals surface area contributed by atoms with E-state index in [-0.39, 0.29) is 0 Å². The molecule has 5 heteroatoms. The van der Waals surface area contributed by atoms with Crippen LogP contribution in [0.15, 0.2) is 0 Å². The standard InChI is InChI=1S/5C2H5.3Al.2O/c5*1-2;;;;;/h5*1H2,2H3;;;;;. The van der Waals surface area contributed by atoms with Gasteiger partial charge in [0, 0.05) is 0 Å². The number of hydrogen-bond donors (Lipinski definition) is 0. The van der Waals surface area contributed by atoms with E-state index in [1.54, 1.807) is 0 Å². The van der Waals surface area contributed by atoms with Crippen LogP contribution in [0.4, 0.5) is 0 Å². The first-order chi connectivity index (χ1) is 7.21. The molecule has 0 heterocycles. The van der Waals surface area contributed by atoms with Crippen molar-refractivity contribution in [3.8, 4) is 0 Å². The summed E-state index contributed by atoms with van der Waals surface area (Å²) in [6, 6.07) is 0. The molecule has 0 fully saturated rings. The normalized spacial score (nSPS) is 10.2. The van der Waals surface area contributed by atoms with Crippen molar-refractivity contribution in [2.24, 2.45) is 0 Å². The third-order valence-electron chi connectivity index (χ3n) is 2.84. The molecule has 0 aliphatic rings. The Morgan fingerprint density at radius 1 is 0.600 bits per heavy atom. The fourth-order valence-corrected chi connectivity index (χ4v) is 11.7. The second-order valence-electron chi connectivity index (χ2n) is 3.99. The molecule has 0 spiro atoms. The number of hydrogen-bond acceptors (Lipinski definition) is 2. The third kappa shape index (κ3) is 7.44. The summed E-state index contributed by atoms with van der Waals surface area (Å²) in [5.41, 5.74) is 0. The molecule has 2 nitrogen and oxygen atoms in total. The lowest BCUT2D eigenvalue weighted by molar-refractivity contribution is 0.429. The van der Waals surface area contributed by atoms with Gasteiger partial charge in [-0.3, -0.25) is 0 Å². The van der Waals surface area contributed by atoms with Crippen molar-refractivity contribution in [3.63, 3.8) is 0 Å². The maximum Gasteiger partial charge on any atom is 0.612 e. The Morgan fingerprint density at radius 2 is 0.933 bits per heavy atom. The Labute approximate surface area is 110 Å². The van der Waals surface area contributed by atoms with Gasteiger partial charge in [0.1, 0.15) is 0 Å². The first kappa shape index (κ1) is 16.5. The number of rotatable bonds is 9. The van der Waals surface area contributed by atoms with E-state index < -0.39 is 43.8 Å². The van der Waals surface area contributed by atoms with E-state index >= 15 is 0 Å². The predicted octanol–water partition coefficient (Wildman–Crippen LogP) is 3.59. The van der Waals surface area contributed by atoms with E-state index in [0.717, 1.165) is 5.28 Å². The van der Waals surface area contributed by atoms with Gasteiger partial charge in [0.2, 0.25) is 0 Å². The smallest absolute Gasteiger partial charge is 0.612 e. The van der Waals surface area contributed by atoms with Crippen LogP contribution in [0.3, 0.4) is 0 Å². The molecule has 0 rings (SSSR count). The molecule has 0 N–H and O–H groups in total. The van der Waals surface area contributed by atoms with Crippen molar-refractivity contribution in [3.05, 3.63) is 0 Å². The largest absolute Gasteiger partial charge is 0.615 e. The molecule has 0 aromatic heterocycles. The molecule has 0 saturated carbocycles. The summed E-state index contributed by atoms with van der Waals surface area (Å²) in [6.07, 6.45) is 0. The van der Waals surface area contributed by atoms with E-state index in [4.69, 9.17) is 5.68 Å². The van der Waals surface area contributed by atoms with Crippen molar-refractivity contribution in [2.45, 2.75) is 61.0 Å². The van der Waals surface area contributed by atoms with Crippen LogP contribution in [-0.2, 0) is 5.68 Å². The van der Waals surface area contributed by atoms with Crippen LogP contribution in [-0.4, -0.2) is 43.8 Å². The van der Waals surface area contributed by atoms with Crippen LogP contribution in [0.2, 0.25) is 26.4 Å². The maximum atomic E-state index is 6.22. The summed E-state index contributed by atoms with van der Waals surface area (Å²) in [5.74, 6) is 0. The summed E-state index contributed by atoms with van der Waals surface area (Å²) in [6.45, 7) is 11.3. The Hall–Kier alpha value is 1.52. The average molecular weight is 258 g/mol. The summed E-state index contributed by atoms with van der Waals surface area (Å²) in [5, 5.41) is 6.18. The first-order valence-corrected chi connectivity index (χ1v) is 12.5. The van der Waals surface area contributed by atoms with Gasteiger partial charge in [0.25, 0.3) is 0 Å². The average Bonchev–Trinajstić information content (AvgIpc) is 2.30. The van der Waals surface area contributed by atoms with Crippen LogP contribution in [0.5, 0.6) is 0 Å². The van der Waals surface area contributed by atoms with Crippen LogP contribution in [0, 0.1) is 0 Å². The predicted molar refractivity (Wildman–Crippen MR) is 71.8 cm³/mol. The molecule has 15 heavy (non-hydrogen) atoms. The maximum absolute atomic E-state index is 6.22. The van der Waals surface area contributed by atoms with Gasteiger partial charge in [-0.25, -0.2) is 0 Å². The highest BCUT2D eigenvalue weighted by Gasteiger charge is 2.30. The van der Waals surface area contributed by atoms with Crippen LogP contribution in [0.1, 0.15) is 34.6 Å². The monoisotopic (exact) mass is 258 g/mol. The van der Waals surface area contributed by atoms with Gasteiger partial charge in [-0.2, -0.15) is 0 Å². The summed E-state index contributed by atoms with van der Waals surface area (Å²) in [4.78, 5) is 0. The molecule has 0 unspecified atom stereocenters. The van der Waals surface area contributed by atoms with Crippen LogP contribution in [0.25, 0.3) is 0 Å². The zero-order chi connectivity index (χ0) is 11.7. The minimum absolute atomic E-state index is 0.890. The van der Waals surface area contributed by atoms with E-state index in [1.807, 2.05) is 0 Å². The molecule has 0 aromatic rings. The Balaban J connectivity index is 4.00. The molecule has 0 aliphatic heterocycles. The molecule has 86 valence electrons. The van der Waals surface area contributed by atoms with Gasteiger partial charge in [-0.05, 0) is 5.28 Å². The van der Waals surface area contributed by atoms with E-state index in [0.29, 0.717) is 0 Å². The lowest BCUT2D eigenvalue weighted by Gasteiger charge is -2.21. The molecule has 0 radical (unpaired) electrons. The van der Waals surface area contributed by atoms with Gasteiger partial charge >= 0.3 is 43.8 Å². The van der Waals surface area contributed by atoms with Gasteiger partial charge in [-0.1, -0.05) is 55.7 Å². The van der Waals surface area contributed by atoms with Crippen molar-refractivity contribution in [2.75, 3.05) is 0 Å². The molecule has 0 aliphatic carbocycles. The van der Waals surface area contributed by atoms with Crippen molar-refractivity contribution >= 4 is 43.8 Å². The zero-order valence-corrected chi connectivity index (χ0v) is 14.5. The van der Waals surface area contributed by atoms with Crippen LogP contribution < -0.4 is 0 Å². The van der Waals surface area contributed by atoms with E-state index in [2.05, 4.69) is 34.6 Å². The zero-order valence-electron chi connectivity index (χ0n) is 11.1. The lowest BCUT2D eigenvalue weighted by atomic mass is 10.9. The molecule has 0 bridgehead atoms. The summed E-state index contributed by atoms with van der Waals surface area (Å²) < 4.78 is 12.4. The Kier molecular flexibility index (Phi) is 11.7. The van der Waals surface area contributed by atoms with Crippen molar-refractivity contribution in [1.82, 2.24) is 0 Å². The lowest BCUT2D eigenvalue weighted by Crippen LogP contribution is -2.35. The van der Waals surface area contributed by atoms with Gasteiger partial charge in [0.15, 0.2) is 0 Å². The molecule has 0 aromatic carbocycles.